The van der Waals surface area contributed by atoms with Gasteiger partial charge in [0.25, 0.3) is 0 Å². The quantitative estimate of drug-likeness (QED) is 0.472. The zero-order chi connectivity index (χ0) is 22.6. The third-order valence-electron chi connectivity index (χ3n) is 4.79. The summed E-state index contributed by atoms with van der Waals surface area (Å²) >= 11 is 0. The first-order chi connectivity index (χ1) is 13.9. The van der Waals surface area contributed by atoms with Crippen LogP contribution < -0.4 is 5.73 Å². The molecule has 10 heteroatoms. The molecule has 6 nitrogen and oxygen atoms in total. The van der Waals surface area contributed by atoms with Gasteiger partial charge in [0.1, 0.15) is 6.04 Å². The molecule has 5 N–H and O–H groups in total. The predicted octanol–water partition coefficient (Wildman–Crippen LogP) is 3.34. The van der Waals surface area contributed by atoms with E-state index >= 15 is 0 Å². The fourth-order valence-electron chi connectivity index (χ4n) is 2.89. The van der Waals surface area contributed by atoms with Gasteiger partial charge in [-0.3, -0.25) is 9.57 Å². The van der Waals surface area contributed by atoms with Gasteiger partial charge in [0.05, 0.1) is 0 Å². The fraction of sp³-hybridized carbons (Fsp3) is 0.350. The number of nitrogens with two attached hydrogens (primary N) is 1. The average Bonchev–Trinajstić information content (AvgIpc) is 2.70. The maximum Gasteiger partial charge on any atom is 0.421 e. The molecule has 0 saturated carbocycles. The van der Waals surface area contributed by atoms with Gasteiger partial charge in [-0.05, 0) is 29.2 Å². The third-order valence-corrected chi connectivity index (χ3v) is 6.54. The van der Waals surface area contributed by atoms with Crippen LogP contribution in [0, 0.1) is 4.78 Å². The normalized spacial score (nSPS) is 17.0. The molecule has 164 valence electrons. The Balaban J connectivity index is 2.28. The summed E-state index contributed by atoms with van der Waals surface area (Å²) in [6.45, 7) is 0. The van der Waals surface area contributed by atoms with Gasteiger partial charge in [-0.1, -0.05) is 48.5 Å². The Morgan fingerprint density at radius 3 is 2.23 bits per heavy atom. The second-order valence-electron chi connectivity index (χ2n) is 7.01. The summed E-state index contributed by atoms with van der Waals surface area (Å²) in [5, 5.41) is 19.3. The van der Waals surface area contributed by atoms with Crippen molar-refractivity contribution in [3.05, 3.63) is 60.2 Å². The highest BCUT2D eigenvalue weighted by molar-refractivity contribution is 7.92. The number of hydrogen-bond acceptors (Lipinski definition) is 5. The minimum atomic E-state index is -5.07. The summed E-state index contributed by atoms with van der Waals surface area (Å²) in [6.07, 6.45) is -6.39. The van der Waals surface area contributed by atoms with Crippen LogP contribution in [0.4, 0.5) is 13.2 Å². The predicted molar refractivity (Wildman–Crippen MR) is 107 cm³/mol. The van der Waals surface area contributed by atoms with E-state index in [9.17, 15) is 27.3 Å². The molecule has 0 bridgehead atoms. The van der Waals surface area contributed by atoms with Crippen LogP contribution in [0.3, 0.4) is 0 Å². The van der Waals surface area contributed by atoms with Crippen LogP contribution in [0.1, 0.15) is 18.4 Å². The molecule has 0 aliphatic heterocycles. The molecule has 3 atom stereocenters. The maximum absolute atomic E-state index is 13.8. The van der Waals surface area contributed by atoms with Gasteiger partial charge in [0.15, 0.2) is 5.60 Å². The van der Waals surface area contributed by atoms with Crippen molar-refractivity contribution in [1.82, 2.24) is 0 Å². The van der Waals surface area contributed by atoms with Crippen molar-refractivity contribution in [2.45, 2.75) is 30.7 Å². The van der Waals surface area contributed by atoms with Crippen LogP contribution in [0.15, 0.2) is 54.6 Å². The van der Waals surface area contributed by atoms with Crippen LogP contribution >= 0.6 is 0 Å². The Kier molecular flexibility index (Phi) is 7.27. The number of carboxylic acid groups (broad SMARTS) is 1. The van der Waals surface area contributed by atoms with Crippen molar-refractivity contribution in [1.29, 1.82) is 4.78 Å². The Morgan fingerprint density at radius 1 is 1.07 bits per heavy atom. The van der Waals surface area contributed by atoms with Crippen molar-refractivity contribution in [2.24, 2.45) is 5.73 Å². The monoisotopic (exact) mass is 444 g/mol. The number of rotatable bonds is 9. The fourth-order valence-corrected chi connectivity index (χ4v) is 4.36. The van der Waals surface area contributed by atoms with Gasteiger partial charge in [-0.2, -0.15) is 13.2 Å². The van der Waals surface area contributed by atoms with E-state index in [2.05, 4.69) is 0 Å². The molecular formula is C20H23F3N2O4S. The second kappa shape index (κ2) is 9.15. The first-order valence-electron chi connectivity index (χ1n) is 9.03. The van der Waals surface area contributed by atoms with Crippen LogP contribution in [-0.4, -0.2) is 44.1 Å². The maximum atomic E-state index is 13.8. The largest absolute Gasteiger partial charge is 0.480 e. The minimum Gasteiger partial charge on any atom is -0.480 e. The molecule has 0 saturated heterocycles. The highest BCUT2D eigenvalue weighted by atomic mass is 32.2. The highest BCUT2D eigenvalue weighted by Gasteiger charge is 2.54. The van der Waals surface area contributed by atoms with Gasteiger partial charge in [-0.15, -0.1) is 0 Å². The number of aliphatic carboxylic acids is 1. The molecule has 0 aliphatic carbocycles. The number of aliphatic hydroxyl groups is 1. The van der Waals surface area contributed by atoms with Crippen molar-refractivity contribution < 1.29 is 32.4 Å². The number of carbonyl (C=O) groups is 1. The number of benzene rings is 2. The molecule has 0 fully saturated rings. The number of carboxylic acids is 1. The van der Waals surface area contributed by atoms with Gasteiger partial charge in [0, 0.05) is 27.7 Å². The van der Waals surface area contributed by atoms with Crippen molar-refractivity contribution in [3.63, 3.8) is 0 Å². The molecule has 0 aromatic heterocycles. The van der Waals surface area contributed by atoms with E-state index in [1.54, 1.807) is 36.4 Å². The van der Waals surface area contributed by atoms with Gasteiger partial charge < -0.3 is 15.9 Å². The highest BCUT2D eigenvalue weighted by Crippen LogP contribution is 2.42. The van der Waals surface area contributed by atoms with E-state index in [0.29, 0.717) is 11.1 Å². The molecule has 0 amide bonds. The van der Waals surface area contributed by atoms with E-state index in [0.717, 1.165) is 6.07 Å². The molecule has 2 aromatic rings. The number of alkyl halides is 3. The smallest absolute Gasteiger partial charge is 0.421 e. The average molecular weight is 444 g/mol. The molecule has 2 aromatic carbocycles. The molecule has 30 heavy (non-hydrogen) atoms. The molecule has 0 heterocycles. The Hall–Kier alpha value is -2.43. The summed E-state index contributed by atoms with van der Waals surface area (Å²) in [5.41, 5.74) is 2.70. The van der Waals surface area contributed by atoms with E-state index < -0.39 is 57.0 Å². The minimum absolute atomic E-state index is 0.314. The molecule has 0 radical (unpaired) electrons. The summed E-state index contributed by atoms with van der Waals surface area (Å²) in [5.74, 6) is -2.58. The summed E-state index contributed by atoms with van der Waals surface area (Å²) in [4.78, 5) is 10.7. The van der Waals surface area contributed by atoms with Crippen LogP contribution in [0.5, 0.6) is 0 Å². The first-order valence-corrected chi connectivity index (χ1v) is 10.9. The Bertz CT molecular complexity index is 981. The zero-order valence-corrected chi connectivity index (χ0v) is 16.7. The standard InChI is InChI=1S/C20H23F3N2O4S/c21-20(22,23)19(28,10-12-30(25,29)11-9-17(24)18(26)27)16-8-4-7-15(13-16)14-5-2-1-3-6-14/h1-8,13,17,25,28H,9-12,24H2,(H,26,27)/t17-,19?,30?/m0/s1. The second-order valence-corrected chi connectivity index (χ2v) is 9.45. The summed E-state index contributed by atoms with van der Waals surface area (Å²) in [7, 11) is -3.58. The van der Waals surface area contributed by atoms with Crippen LogP contribution in [-0.2, 0) is 20.1 Å². The third kappa shape index (κ3) is 5.80. The number of hydrogen-bond donors (Lipinski definition) is 4. The van der Waals surface area contributed by atoms with Crippen LogP contribution in [0.25, 0.3) is 11.1 Å². The molecule has 0 aliphatic rings. The number of nitrogens with one attached hydrogen (secondary N) is 1. The Labute approximate surface area is 172 Å². The van der Waals surface area contributed by atoms with E-state index in [-0.39, 0.29) is 6.42 Å². The first kappa shape index (κ1) is 23.8. The lowest BCUT2D eigenvalue weighted by atomic mass is 9.88. The zero-order valence-electron chi connectivity index (χ0n) is 15.9. The van der Waals surface area contributed by atoms with Crippen molar-refractivity contribution in [3.8, 4) is 11.1 Å². The van der Waals surface area contributed by atoms with E-state index in [4.69, 9.17) is 15.6 Å². The lowest BCUT2D eigenvalue weighted by Crippen LogP contribution is -2.44. The van der Waals surface area contributed by atoms with E-state index in [1.807, 2.05) is 0 Å². The summed E-state index contributed by atoms with van der Waals surface area (Å²) < 4.78 is 61.6. The lowest BCUT2D eigenvalue weighted by Gasteiger charge is -2.31. The lowest BCUT2D eigenvalue weighted by molar-refractivity contribution is -0.267. The van der Waals surface area contributed by atoms with E-state index in [1.165, 1.54) is 12.1 Å². The molecule has 2 unspecified atom stereocenters. The molecule has 2 rings (SSSR count). The van der Waals surface area contributed by atoms with Gasteiger partial charge in [-0.25, -0.2) is 4.21 Å². The molecule has 0 spiro atoms. The SMILES string of the molecule is N=S(=O)(CC[C@H](N)C(=O)O)CCC(O)(c1cccc(-c2ccccc2)c1)C(F)(F)F. The Morgan fingerprint density at radius 2 is 1.67 bits per heavy atom. The van der Waals surface area contributed by atoms with Gasteiger partial charge in [0.2, 0.25) is 0 Å². The van der Waals surface area contributed by atoms with Gasteiger partial charge >= 0.3 is 12.1 Å². The number of halogens is 3. The van der Waals surface area contributed by atoms with Crippen LogP contribution in [0.2, 0.25) is 0 Å². The summed E-state index contributed by atoms with van der Waals surface area (Å²) in [6, 6.07) is 12.6. The topological polar surface area (TPSA) is 124 Å². The molecular weight excluding hydrogens is 421 g/mol. The van der Waals surface area contributed by atoms with Crippen molar-refractivity contribution >= 4 is 15.7 Å². The van der Waals surface area contributed by atoms with Crippen molar-refractivity contribution in [2.75, 3.05) is 11.5 Å².